The highest BCUT2D eigenvalue weighted by Gasteiger charge is 2.07. The second-order valence-corrected chi connectivity index (χ2v) is 4.74. The van der Waals surface area contributed by atoms with Gasteiger partial charge in [0.25, 0.3) is 0 Å². The van der Waals surface area contributed by atoms with Crippen LogP contribution in [0.3, 0.4) is 0 Å². The van der Waals surface area contributed by atoms with Crippen molar-refractivity contribution in [2.24, 2.45) is 0 Å². The van der Waals surface area contributed by atoms with E-state index in [0.29, 0.717) is 0 Å². The van der Waals surface area contributed by atoms with E-state index in [1.165, 1.54) is 0 Å². The molecule has 2 aromatic rings. The van der Waals surface area contributed by atoms with Crippen LogP contribution in [0, 0.1) is 0 Å². The van der Waals surface area contributed by atoms with Crippen molar-refractivity contribution in [1.29, 1.82) is 0 Å². The number of fused-ring (bicyclic) bond motifs is 1. The SMILES string of the molecule is CSCCC(O)c1ccc2cccnc2c1. The van der Waals surface area contributed by atoms with Crippen LogP contribution in [0.4, 0.5) is 0 Å². The molecule has 0 aliphatic rings. The predicted molar refractivity (Wildman–Crippen MR) is 69.7 cm³/mol. The molecular formula is C13H15NOS. The summed E-state index contributed by atoms with van der Waals surface area (Å²) in [5, 5.41) is 11.1. The van der Waals surface area contributed by atoms with Crippen molar-refractivity contribution in [2.75, 3.05) is 12.0 Å². The lowest BCUT2D eigenvalue weighted by Gasteiger charge is -2.10. The van der Waals surface area contributed by atoms with Crippen molar-refractivity contribution in [3.05, 3.63) is 42.1 Å². The van der Waals surface area contributed by atoms with Crippen molar-refractivity contribution in [2.45, 2.75) is 12.5 Å². The lowest BCUT2D eigenvalue weighted by Crippen LogP contribution is -1.98. The summed E-state index contributed by atoms with van der Waals surface area (Å²) >= 11 is 1.75. The van der Waals surface area contributed by atoms with Crippen molar-refractivity contribution in [3.63, 3.8) is 0 Å². The second kappa shape index (κ2) is 5.32. The summed E-state index contributed by atoms with van der Waals surface area (Å²) in [5.74, 6) is 0.974. The zero-order valence-corrected chi connectivity index (χ0v) is 10.1. The highest BCUT2D eigenvalue weighted by atomic mass is 32.2. The van der Waals surface area contributed by atoms with Gasteiger partial charge >= 0.3 is 0 Å². The Kier molecular flexibility index (Phi) is 3.80. The number of thioether (sulfide) groups is 1. The molecule has 1 N–H and O–H groups in total. The Hall–Kier alpha value is -1.06. The van der Waals surface area contributed by atoms with E-state index in [1.807, 2.05) is 30.3 Å². The number of nitrogens with zero attached hydrogens (tertiary/aromatic N) is 1. The Morgan fingerprint density at radius 2 is 2.25 bits per heavy atom. The van der Waals surface area contributed by atoms with Gasteiger partial charge < -0.3 is 5.11 Å². The van der Waals surface area contributed by atoms with Crippen molar-refractivity contribution in [3.8, 4) is 0 Å². The monoisotopic (exact) mass is 233 g/mol. The maximum absolute atomic E-state index is 9.97. The van der Waals surface area contributed by atoms with Crippen LogP contribution in [0.25, 0.3) is 10.9 Å². The Morgan fingerprint density at radius 1 is 1.38 bits per heavy atom. The number of hydrogen-bond donors (Lipinski definition) is 1. The van der Waals surface area contributed by atoms with Crippen LogP contribution in [0.15, 0.2) is 36.5 Å². The quantitative estimate of drug-likeness (QED) is 0.881. The summed E-state index contributed by atoms with van der Waals surface area (Å²) in [4.78, 5) is 4.29. The van der Waals surface area contributed by atoms with E-state index in [0.717, 1.165) is 28.6 Å². The molecule has 0 amide bonds. The number of aromatic nitrogens is 1. The van der Waals surface area contributed by atoms with Crippen LogP contribution in [-0.2, 0) is 0 Å². The minimum Gasteiger partial charge on any atom is -0.388 e. The van der Waals surface area contributed by atoms with E-state index in [9.17, 15) is 5.11 Å². The third-order valence-electron chi connectivity index (χ3n) is 2.61. The maximum atomic E-state index is 9.97. The van der Waals surface area contributed by atoms with Crippen molar-refractivity contribution >= 4 is 22.7 Å². The largest absolute Gasteiger partial charge is 0.388 e. The predicted octanol–water partition coefficient (Wildman–Crippen LogP) is 3.02. The van der Waals surface area contributed by atoms with Gasteiger partial charge in [0.1, 0.15) is 0 Å². The molecule has 0 aliphatic carbocycles. The normalized spacial score (nSPS) is 12.9. The van der Waals surface area contributed by atoms with Gasteiger partial charge in [0.15, 0.2) is 0 Å². The first kappa shape index (κ1) is 11.4. The van der Waals surface area contributed by atoms with E-state index < -0.39 is 0 Å². The molecule has 0 saturated heterocycles. The third-order valence-corrected chi connectivity index (χ3v) is 3.25. The first-order valence-electron chi connectivity index (χ1n) is 5.33. The zero-order valence-electron chi connectivity index (χ0n) is 9.26. The number of aliphatic hydroxyl groups is 1. The number of benzene rings is 1. The molecule has 0 radical (unpaired) electrons. The van der Waals surface area contributed by atoms with E-state index in [-0.39, 0.29) is 6.10 Å². The third kappa shape index (κ3) is 2.54. The van der Waals surface area contributed by atoms with Crippen molar-refractivity contribution in [1.82, 2.24) is 4.98 Å². The Balaban J connectivity index is 2.25. The van der Waals surface area contributed by atoms with Gasteiger partial charge in [0, 0.05) is 11.6 Å². The first-order valence-corrected chi connectivity index (χ1v) is 6.72. The molecule has 1 heterocycles. The Bertz CT molecular complexity index is 472. The fourth-order valence-corrected chi connectivity index (χ4v) is 2.15. The zero-order chi connectivity index (χ0) is 11.4. The van der Waals surface area contributed by atoms with Crippen LogP contribution < -0.4 is 0 Å². The Labute approximate surface area is 99.7 Å². The molecule has 3 heteroatoms. The van der Waals surface area contributed by atoms with E-state index in [1.54, 1.807) is 18.0 Å². The van der Waals surface area contributed by atoms with Crippen LogP contribution in [-0.4, -0.2) is 22.1 Å². The average Bonchev–Trinajstić information content (AvgIpc) is 2.35. The minimum absolute atomic E-state index is 0.376. The Morgan fingerprint density at radius 3 is 3.06 bits per heavy atom. The molecular weight excluding hydrogens is 218 g/mol. The van der Waals surface area contributed by atoms with Crippen LogP contribution in [0.1, 0.15) is 18.1 Å². The molecule has 0 fully saturated rings. The summed E-state index contributed by atoms with van der Waals surface area (Å²) in [6.45, 7) is 0. The summed E-state index contributed by atoms with van der Waals surface area (Å²) in [6.07, 6.45) is 4.24. The average molecular weight is 233 g/mol. The van der Waals surface area contributed by atoms with Crippen LogP contribution in [0.5, 0.6) is 0 Å². The summed E-state index contributed by atoms with van der Waals surface area (Å²) in [7, 11) is 0. The molecule has 0 saturated carbocycles. The number of pyridine rings is 1. The molecule has 16 heavy (non-hydrogen) atoms. The minimum atomic E-state index is -0.376. The molecule has 1 aromatic heterocycles. The van der Waals surface area contributed by atoms with Gasteiger partial charge in [-0.25, -0.2) is 0 Å². The fourth-order valence-electron chi connectivity index (χ4n) is 1.69. The fraction of sp³-hybridized carbons (Fsp3) is 0.308. The van der Waals surface area contributed by atoms with Crippen molar-refractivity contribution < 1.29 is 5.11 Å². The van der Waals surface area contributed by atoms with Gasteiger partial charge in [0.2, 0.25) is 0 Å². The molecule has 0 spiro atoms. The lowest BCUT2D eigenvalue weighted by molar-refractivity contribution is 0.175. The van der Waals surface area contributed by atoms with Gasteiger partial charge in [-0.1, -0.05) is 18.2 Å². The summed E-state index contributed by atoms with van der Waals surface area (Å²) in [6, 6.07) is 9.92. The van der Waals surface area contributed by atoms with Crippen LogP contribution in [0.2, 0.25) is 0 Å². The summed E-state index contributed by atoms with van der Waals surface area (Å²) in [5.41, 5.74) is 1.91. The summed E-state index contributed by atoms with van der Waals surface area (Å²) < 4.78 is 0. The second-order valence-electron chi connectivity index (χ2n) is 3.75. The molecule has 1 aromatic carbocycles. The number of aliphatic hydroxyl groups excluding tert-OH is 1. The number of hydrogen-bond acceptors (Lipinski definition) is 3. The van der Waals surface area contributed by atoms with Gasteiger partial charge in [-0.05, 0) is 36.1 Å². The molecule has 84 valence electrons. The molecule has 0 bridgehead atoms. The van der Waals surface area contributed by atoms with Gasteiger partial charge in [-0.2, -0.15) is 11.8 Å². The lowest BCUT2D eigenvalue weighted by atomic mass is 10.1. The first-order chi connectivity index (χ1) is 7.81. The standard InChI is InChI=1S/C13H15NOS/c1-16-8-6-13(15)11-5-4-10-3-2-7-14-12(10)9-11/h2-5,7,9,13,15H,6,8H2,1H3. The topological polar surface area (TPSA) is 33.1 Å². The van der Waals surface area contributed by atoms with Gasteiger partial charge in [-0.3, -0.25) is 4.98 Å². The number of rotatable bonds is 4. The molecule has 2 nitrogen and oxygen atoms in total. The molecule has 1 unspecified atom stereocenters. The highest BCUT2D eigenvalue weighted by molar-refractivity contribution is 7.98. The highest BCUT2D eigenvalue weighted by Crippen LogP contribution is 2.22. The van der Waals surface area contributed by atoms with E-state index in [2.05, 4.69) is 11.2 Å². The molecule has 1 atom stereocenters. The van der Waals surface area contributed by atoms with Gasteiger partial charge in [0.05, 0.1) is 11.6 Å². The molecule has 0 aliphatic heterocycles. The van der Waals surface area contributed by atoms with Gasteiger partial charge in [-0.15, -0.1) is 0 Å². The smallest absolute Gasteiger partial charge is 0.0798 e. The van der Waals surface area contributed by atoms with E-state index >= 15 is 0 Å². The molecule has 2 rings (SSSR count). The van der Waals surface area contributed by atoms with Crippen LogP contribution >= 0.6 is 11.8 Å². The van der Waals surface area contributed by atoms with E-state index in [4.69, 9.17) is 0 Å². The maximum Gasteiger partial charge on any atom is 0.0798 e.